The second kappa shape index (κ2) is 59.0. The van der Waals surface area contributed by atoms with Gasteiger partial charge in [0, 0.05) is 19.3 Å². The molecule has 0 rings (SSSR count). The highest BCUT2D eigenvalue weighted by Gasteiger charge is 2.19. The summed E-state index contributed by atoms with van der Waals surface area (Å²) < 4.78 is 17.0. The van der Waals surface area contributed by atoms with Crippen LogP contribution in [0.15, 0.2) is 0 Å². The zero-order valence-corrected chi connectivity index (χ0v) is 47.1. The minimum atomic E-state index is -0.762. The lowest BCUT2D eigenvalue weighted by Crippen LogP contribution is -2.30. The van der Waals surface area contributed by atoms with Gasteiger partial charge in [0.25, 0.3) is 0 Å². The number of rotatable bonds is 59. The highest BCUT2D eigenvalue weighted by molar-refractivity contribution is 5.71. The Kier molecular flexibility index (Phi) is 57.6. The summed E-state index contributed by atoms with van der Waals surface area (Å²) >= 11 is 0. The van der Waals surface area contributed by atoms with Crippen LogP contribution in [0.3, 0.4) is 0 Å². The second-order valence-electron chi connectivity index (χ2n) is 21.7. The molecule has 0 aromatic heterocycles. The molecule has 0 aliphatic rings. The first-order chi connectivity index (χ1) is 34.0. The Morgan fingerprint density at radius 3 is 0.580 bits per heavy atom. The predicted octanol–water partition coefficient (Wildman–Crippen LogP) is 21.1. The van der Waals surface area contributed by atoms with E-state index in [0.29, 0.717) is 19.3 Å². The Labute approximate surface area is 431 Å². The molecule has 0 aromatic rings. The van der Waals surface area contributed by atoms with Crippen LogP contribution in [0.1, 0.15) is 367 Å². The number of carbonyl (C=O) groups excluding carboxylic acids is 3. The monoisotopic (exact) mass is 975 g/mol. The Balaban J connectivity index is 4.28. The van der Waals surface area contributed by atoms with Crippen LogP contribution in [0.4, 0.5) is 0 Å². The molecule has 0 saturated heterocycles. The summed E-state index contributed by atoms with van der Waals surface area (Å²) in [7, 11) is 0. The Hall–Kier alpha value is -1.59. The van der Waals surface area contributed by atoms with E-state index in [1.807, 2.05) is 0 Å². The van der Waals surface area contributed by atoms with Crippen molar-refractivity contribution in [3.8, 4) is 0 Å². The van der Waals surface area contributed by atoms with Crippen molar-refractivity contribution in [3.05, 3.63) is 0 Å². The topological polar surface area (TPSA) is 78.9 Å². The highest BCUT2D eigenvalue weighted by Crippen LogP contribution is 2.18. The van der Waals surface area contributed by atoms with Crippen molar-refractivity contribution >= 4 is 17.9 Å². The first kappa shape index (κ1) is 67.4. The quantitative estimate of drug-likeness (QED) is 0.0343. The van der Waals surface area contributed by atoms with Crippen LogP contribution >= 0.6 is 0 Å². The standard InChI is InChI=1S/C63H122O6/c1-4-7-10-13-16-19-22-25-28-31-34-37-40-43-46-49-52-55-61(64)67-58-60(69-63(66)57-54-51-48-45-42-39-36-33-30-27-24-21-18-15-12-9-6-3)59-68-62(65)56-53-50-47-44-41-38-35-32-29-26-23-20-17-14-11-8-5-2/h60H,4-59H2,1-3H3. The number of unbranched alkanes of at least 4 members (excludes halogenated alkanes) is 48. The van der Waals surface area contributed by atoms with Gasteiger partial charge in [-0.3, -0.25) is 14.4 Å². The SMILES string of the molecule is CCCCCCCCCCCCCCCCCCCC(=O)OCC(COC(=O)CCCCCCCCCCCCCCCCCCC)OC(=O)CCCCCCCCCCCCCCCCCCC. The third-order valence-corrected chi connectivity index (χ3v) is 14.6. The lowest BCUT2D eigenvalue weighted by Gasteiger charge is -2.18. The smallest absolute Gasteiger partial charge is 0.306 e. The van der Waals surface area contributed by atoms with Crippen LogP contribution in [0, 0.1) is 0 Å². The van der Waals surface area contributed by atoms with Crippen LogP contribution in [-0.4, -0.2) is 37.2 Å². The van der Waals surface area contributed by atoms with Crippen molar-refractivity contribution in [1.29, 1.82) is 0 Å². The summed E-state index contributed by atoms with van der Waals surface area (Å²) in [6, 6.07) is 0. The van der Waals surface area contributed by atoms with Gasteiger partial charge in [-0.2, -0.15) is 0 Å². The van der Waals surface area contributed by atoms with Crippen LogP contribution in [0.2, 0.25) is 0 Å². The average Bonchev–Trinajstić information content (AvgIpc) is 3.35. The number of esters is 3. The molecule has 410 valence electrons. The molecule has 0 spiro atoms. The minimum Gasteiger partial charge on any atom is -0.462 e. The Bertz CT molecular complexity index is 975. The van der Waals surface area contributed by atoms with Crippen LogP contribution < -0.4 is 0 Å². The third kappa shape index (κ3) is 57.2. The third-order valence-electron chi connectivity index (χ3n) is 14.6. The van der Waals surface area contributed by atoms with Gasteiger partial charge in [0.15, 0.2) is 6.10 Å². The molecule has 6 nitrogen and oxygen atoms in total. The maximum absolute atomic E-state index is 12.9. The van der Waals surface area contributed by atoms with Gasteiger partial charge in [-0.1, -0.05) is 329 Å². The lowest BCUT2D eigenvalue weighted by molar-refractivity contribution is -0.167. The van der Waals surface area contributed by atoms with Crippen molar-refractivity contribution in [1.82, 2.24) is 0 Å². The van der Waals surface area contributed by atoms with Crippen molar-refractivity contribution < 1.29 is 28.6 Å². The number of hydrogen-bond acceptors (Lipinski definition) is 6. The second-order valence-corrected chi connectivity index (χ2v) is 21.7. The predicted molar refractivity (Wildman–Crippen MR) is 298 cm³/mol. The van der Waals surface area contributed by atoms with Crippen LogP contribution in [0.5, 0.6) is 0 Å². The maximum Gasteiger partial charge on any atom is 0.306 e. The molecule has 0 radical (unpaired) electrons. The molecular formula is C63H122O6. The van der Waals surface area contributed by atoms with E-state index in [1.165, 1.54) is 270 Å². The summed E-state index contributed by atoms with van der Waals surface area (Å²) in [6.45, 7) is 6.73. The minimum absolute atomic E-state index is 0.0605. The van der Waals surface area contributed by atoms with E-state index in [4.69, 9.17) is 14.2 Å². The molecular weight excluding hydrogens is 853 g/mol. The van der Waals surface area contributed by atoms with Gasteiger partial charge in [-0.05, 0) is 19.3 Å². The number of hydrogen-bond donors (Lipinski definition) is 0. The van der Waals surface area contributed by atoms with E-state index in [1.54, 1.807) is 0 Å². The van der Waals surface area contributed by atoms with Gasteiger partial charge in [0.2, 0.25) is 0 Å². The molecule has 0 saturated carbocycles. The van der Waals surface area contributed by atoms with E-state index in [2.05, 4.69) is 20.8 Å². The average molecular weight is 976 g/mol. The number of carbonyl (C=O) groups is 3. The first-order valence-corrected chi connectivity index (χ1v) is 31.5. The largest absolute Gasteiger partial charge is 0.462 e. The molecule has 0 heterocycles. The molecule has 0 amide bonds. The van der Waals surface area contributed by atoms with Gasteiger partial charge in [-0.15, -0.1) is 0 Å². The first-order valence-electron chi connectivity index (χ1n) is 31.5. The fraction of sp³-hybridized carbons (Fsp3) is 0.952. The van der Waals surface area contributed by atoms with Gasteiger partial charge in [0.1, 0.15) is 13.2 Å². The van der Waals surface area contributed by atoms with E-state index >= 15 is 0 Å². The summed E-state index contributed by atoms with van der Waals surface area (Å²) in [5.74, 6) is -0.825. The van der Waals surface area contributed by atoms with Crippen molar-refractivity contribution in [3.63, 3.8) is 0 Å². The van der Waals surface area contributed by atoms with Gasteiger partial charge in [-0.25, -0.2) is 0 Å². The van der Waals surface area contributed by atoms with Gasteiger partial charge < -0.3 is 14.2 Å². The Morgan fingerprint density at radius 2 is 0.391 bits per heavy atom. The molecule has 0 bridgehead atoms. The summed E-state index contributed by atoms with van der Waals surface area (Å²) in [4.78, 5) is 38.3. The zero-order valence-electron chi connectivity index (χ0n) is 47.1. The van der Waals surface area contributed by atoms with Gasteiger partial charge in [0.05, 0.1) is 0 Å². The molecule has 0 aliphatic carbocycles. The molecule has 0 atom stereocenters. The van der Waals surface area contributed by atoms with E-state index < -0.39 is 6.10 Å². The molecule has 0 aliphatic heterocycles. The highest BCUT2D eigenvalue weighted by atomic mass is 16.6. The van der Waals surface area contributed by atoms with Crippen LogP contribution in [-0.2, 0) is 28.6 Å². The van der Waals surface area contributed by atoms with Crippen molar-refractivity contribution in [2.75, 3.05) is 13.2 Å². The maximum atomic E-state index is 12.9. The van der Waals surface area contributed by atoms with E-state index in [-0.39, 0.29) is 31.1 Å². The Morgan fingerprint density at radius 1 is 0.232 bits per heavy atom. The van der Waals surface area contributed by atoms with Crippen molar-refractivity contribution in [2.45, 2.75) is 374 Å². The molecule has 69 heavy (non-hydrogen) atoms. The summed E-state index contributed by atoms with van der Waals surface area (Å²) in [6.07, 6.45) is 66.7. The van der Waals surface area contributed by atoms with E-state index in [0.717, 1.165) is 57.8 Å². The van der Waals surface area contributed by atoms with Crippen LogP contribution in [0.25, 0.3) is 0 Å². The molecule has 6 heteroatoms. The molecule has 0 fully saturated rings. The number of ether oxygens (including phenoxy) is 3. The summed E-state index contributed by atoms with van der Waals surface area (Å²) in [5, 5.41) is 0. The normalized spacial score (nSPS) is 11.5. The fourth-order valence-corrected chi connectivity index (χ4v) is 9.86. The molecule has 0 aromatic carbocycles. The molecule has 0 N–H and O–H groups in total. The zero-order chi connectivity index (χ0) is 50.0. The van der Waals surface area contributed by atoms with Crippen molar-refractivity contribution in [2.24, 2.45) is 0 Å². The van der Waals surface area contributed by atoms with E-state index in [9.17, 15) is 14.4 Å². The van der Waals surface area contributed by atoms with Gasteiger partial charge >= 0.3 is 17.9 Å². The molecule has 0 unspecified atom stereocenters. The lowest BCUT2D eigenvalue weighted by atomic mass is 10.0. The summed E-state index contributed by atoms with van der Waals surface area (Å²) in [5.41, 5.74) is 0. The fourth-order valence-electron chi connectivity index (χ4n) is 9.86.